The molecule has 0 spiro atoms. The molecule has 0 radical (unpaired) electrons. The van der Waals surface area contributed by atoms with E-state index in [1.165, 1.54) is 22.9 Å². The highest BCUT2D eigenvalue weighted by Crippen LogP contribution is 2.25. The van der Waals surface area contributed by atoms with E-state index in [9.17, 15) is 0 Å². The molecule has 1 N–H and O–H groups in total. The molecule has 3 heteroatoms. The van der Waals surface area contributed by atoms with Crippen molar-refractivity contribution in [3.63, 3.8) is 0 Å². The van der Waals surface area contributed by atoms with Crippen LogP contribution in [0.2, 0.25) is 0 Å². The van der Waals surface area contributed by atoms with E-state index in [2.05, 4.69) is 78.2 Å². The molecule has 1 aromatic rings. The fourth-order valence-corrected chi connectivity index (χ4v) is 3.29. The van der Waals surface area contributed by atoms with E-state index >= 15 is 0 Å². The Labute approximate surface area is 133 Å². The van der Waals surface area contributed by atoms with Crippen molar-refractivity contribution in [2.75, 3.05) is 26.7 Å². The van der Waals surface area contributed by atoms with Gasteiger partial charge >= 0.3 is 0 Å². The normalized spacial score (nSPS) is 14.5. The molecule has 1 atom stereocenters. The van der Waals surface area contributed by atoms with Crippen LogP contribution in [0.25, 0.3) is 0 Å². The van der Waals surface area contributed by atoms with Gasteiger partial charge in [0, 0.05) is 24.1 Å². The van der Waals surface area contributed by atoms with E-state index in [0.29, 0.717) is 5.41 Å². The second-order valence-electron chi connectivity index (χ2n) is 6.10. The van der Waals surface area contributed by atoms with Crippen molar-refractivity contribution in [3.05, 3.63) is 34.3 Å². The molecule has 2 nitrogen and oxygen atoms in total. The predicted molar refractivity (Wildman–Crippen MR) is 92.0 cm³/mol. The average Bonchev–Trinajstić information content (AvgIpc) is 2.39. The van der Waals surface area contributed by atoms with Gasteiger partial charge in [-0.1, -0.05) is 61.3 Å². The lowest BCUT2D eigenvalue weighted by atomic mass is 9.84. The third-order valence-corrected chi connectivity index (χ3v) is 4.48. The molecule has 1 aromatic carbocycles. The largest absolute Gasteiger partial charge is 0.316 e. The quantitative estimate of drug-likeness (QED) is 0.721. The maximum absolute atomic E-state index is 3.64. The molecule has 0 aliphatic rings. The van der Waals surface area contributed by atoms with Crippen LogP contribution in [0.3, 0.4) is 0 Å². The van der Waals surface area contributed by atoms with E-state index in [4.69, 9.17) is 0 Å². The van der Waals surface area contributed by atoms with Gasteiger partial charge in [-0.15, -0.1) is 0 Å². The summed E-state index contributed by atoms with van der Waals surface area (Å²) < 4.78 is 1.20. The van der Waals surface area contributed by atoms with Crippen molar-refractivity contribution >= 4 is 15.9 Å². The molecule has 1 rings (SSSR count). The lowest BCUT2D eigenvalue weighted by Crippen LogP contribution is -2.40. The summed E-state index contributed by atoms with van der Waals surface area (Å²) in [5.74, 6) is 0. The summed E-state index contributed by atoms with van der Waals surface area (Å²) in [5.41, 5.74) is 1.71. The van der Waals surface area contributed by atoms with E-state index in [1.807, 2.05) is 0 Å². The van der Waals surface area contributed by atoms with Crippen LogP contribution in [-0.2, 0) is 6.54 Å². The van der Waals surface area contributed by atoms with Crippen molar-refractivity contribution in [1.29, 1.82) is 0 Å². The lowest BCUT2D eigenvalue weighted by Gasteiger charge is -2.34. The van der Waals surface area contributed by atoms with Crippen LogP contribution in [0.5, 0.6) is 0 Å². The molecule has 0 bridgehead atoms. The van der Waals surface area contributed by atoms with Gasteiger partial charge in [-0.05, 0) is 37.1 Å². The van der Waals surface area contributed by atoms with Gasteiger partial charge < -0.3 is 10.2 Å². The van der Waals surface area contributed by atoms with Crippen LogP contribution in [0.15, 0.2) is 28.7 Å². The molecule has 0 aromatic heterocycles. The molecule has 20 heavy (non-hydrogen) atoms. The standard InChI is InChI=1S/C17H29BrN2/c1-5-11-17(3,13-19-6-2)14-20(4)12-15-9-7-8-10-16(15)18/h7-10,19H,5-6,11-14H2,1-4H3. The fourth-order valence-electron chi connectivity index (χ4n) is 2.88. The molecule has 0 amide bonds. The second-order valence-corrected chi connectivity index (χ2v) is 6.96. The minimum atomic E-state index is 0.348. The summed E-state index contributed by atoms with van der Waals surface area (Å²) in [7, 11) is 2.22. The van der Waals surface area contributed by atoms with Crippen LogP contribution in [0.4, 0.5) is 0 Å². The Bertz CT molecular complexity index is 394. The summed E-state index contributed by atoms with van der Waals surface area (Å²) in [6.45, 7) is 11.1. The Morgan fingerprint density at radius 1 is 1.25 bits per heavy atom. The molecule has 0 aliphatic carbocycles. The highest BCUT2D eigenvalue weighted by atomic mass is 79.9. The molecule has 0 saturated heterocycles. The van der Waals surface area contributed by atoms with Gasteiger partial charge in [0.2, 0.25) is 0 Å². The van der Waals surface area contributed by atoms with E-state index in [-0.39, 0.29) is 0 Å². The summed E-state index contributed by atoms with van der Waals surface area (Å²) >= 11 is 3.64. The van der Waals surface area contributed by atoms with Crippen molar-refractivity contribution in [2.24, 2.45) is 5.41 Å². The molecular weight excluding hydrogens is 312 g/mol. The fraction of sp³-hybridized carbons (Fsp3) is 0.647. The summed E-state index contributed by atoms with van der Waals surface area (Å²) in [4.78, 5) is 2.44. The van der Waals surface area contributed by atoms with Gasteiger partial charge in [-0.25, -0.2) is 0 Å². The predicted octanol–water partition coefficient (Wildman–Crippen LogP) is 4.30. The number of halogens is 1. The first-order chi connectivity index (χ1) is 9.50. The minimum absolute atomic E-state index is 0.348. The Kier molecular flexibility index (Phi) is 7.78. The van der Waals surface area contributed by atoms with Crippen molar-refractivity contribution in [3.8, 4) is 0 Å². The van der Waals surface area contributed by atoms with Gasteiger partial charge in [0.15, 0.2) is 0 Å². The van der Waals surface area contributed by atoms with Crippen LogP contribution >= 0.6 is 15.9 Å². The Balaban J connectivity index is 2.61. The van der Waals surface area contributed by atoms with Crippen molar-refractivity contribution in [1.82, 2.24) is 10.2 Å². The van der Waals surface area contributed by atoms with Crippen molar-refractivity contribution < 1.29 is 0 Å². The zero-order chi connectivity index (χ0) is 15.0. The molecular formula is C17H29BrN2. The van der Waals surface area contributed by atoms with Gasteiger partial charge in [0.25, 0.3) is 0 Å². The molecule has 0 heterocycles. The van der Waals surface area contributed by atoms with Crippen LogP contribution in [0.1, 0.15) is 39.2 Å². The highest BCUT2D eigenvalue weighted by molar-refractivity contribution is 9.10. The first-order valence-corrected chi connectivity index (χ1v) is 8.42. The van der Waals surface area contributed by atoms with E-state index < -0.39 is 0 Å². The summed E-state index contributed by atoms with van der Waals surface area (Å²) in [6, 6.07) is 8.49. The summed E-state index contributed by atoms with van der Waals surface area (Å²) in [5, 5.41) is 3.52. The van der Waals surface area contributed by atoms with Gasteiger partial charge in [0.05, 0.1) is 0 Å². The lowest BCUT2D eigenvalue weighted by molar-refractivity contribution is 0.169. The number of hydrogen-bond donors (Lipinski definition) is 1. The average molecular weight is 341 g/mol. The Morgan fingerprint density at radius 2 is 1.95 bits per heavy atom. The van der Waals surface area contributed by atoms with Gasteiger partial charge in [-0.3, -0.25) is 0 Å². The van der Waals surface area contributed by atoms with E-state index in [0.717, 1.165) is 26.2 Å². The molecule has 0 saturated carbocycles. The Morgan fingerprint density at radius 3 is 2.55 bits per heavy atom. The maximum atomic E-state index is 3.64. The number of benzene rings is 1. The van der Waals surface area contributed by atoms with Gasteiger partial charge in [-0.2, -0.15) is 0 Å². The SMILES string of the molecule is CCCC(C)(CNCC)CN(C)Cc1ccccc1Br. The van der Waals surface area contributed by atoms with Crippen molar-refractivity contribution in [2.45, 2.75) is 40.2 Å². The van der Waals surface area contributed by atoms with E-state index in [1.54, 1.807) is 0 Å². The Hall–Kier alpha value is -0.380. The number of rotatable bonds is 9. The molecule has 0 aliphatic heterocycles. The molecule has 0 fully saturated rings. The third-order valence-electron chi connectivity index (χ3n) is 3.71. The number of nitrogens with zero attached hydrogens (tertiary/aromatic N) is 1. The monoisotopic (exact) mass is 340 g/mol. The molecule has 1 unspecified atom stereocenters. The maximum Gasteiger partial charge on any atom is 0.0242 e. The highest BCUT2D eigenvalue weighted by Gasteiger charge is 2.24. The first kappa shape index (κ1) is 17.7. The number of nitrogens with one attached hydrogen (secondary N) is 1. The van der Waals surface area contributed by atoms with Crippen LogP contribution in [-0.4, -0.2) is 31.6 Å². The zero-order valence-corrected chi connectivity index (χ0v) is 15.0. The van der Waals surface area contributed by atoms with Gasteiger partial charge in [0.1, 0.15) is 0 Å². The molecule has 114 valence electrons. The van der Waals surface area contributed by atoms with Crippen LogP contribution < -0.4 is 5.32 Å². The zero-order valence-electron chi connectivity index (χ0n) is 13.4. The summed E-state index contributed by atoms with van der Waals surface area (Å²) in [6.07, 6.45) is 2.51. The third kappa shape index (κ3) is 5.94. The minimum Gasteiger partial charge on any atom is -0.316 e. The second kappa shape index (κ2) is 8.81. The smallest absolute Gasteiger partial charge is 0.0242 e. The van der Waals surface area contributed by atoms with Crippen LogP contribution in [0, 0.1) is 5.41 Å². The number of hydrogen-bond acceptors (Lipinski definition) is 2. The first-order valence-electron chi connectivity index (χ1n) is 7.63. The topological polar surface area (TPSA) is 15.3 Å².